The number of nitrogens with zero attached hydrogens (tertiary/aromatic N) is 5. The first-order chi connectivity index (χ1) is 10.6. The van der Waals surface area contributed by atoms with Gasteiger partial charge in [0.2, 0.25) is 0 Å². The van der Waals surface area contributed by atoms with E-state index in [0.29, 0.717) is 5.65 Å². The number of fused-ring (bicyclic) bond motifs is 2. The Labute approximate surface area is 138 Å². The van der Waals surface area contributed by atoms with Gasteiger partial charge in [-0.2, -0.15) is 4.52 Å². The van der Waals surface area contributed by atoms with Crippen LogP contribution in [0.3, 0.4) is 0 Å². The highest BCUT2D eigenvalue weighted by Gasteiger charge is 2.23. The van der Waals surface area contributed by atoms with Crippen LogP contribution in [0.2, 0.25) is 0 Å². The Morgan fingerprint density at radius 3 is 3.14 bits per heavy atom. The highest BCUT2D eigenvalue weighted by Crippen LogP contribution is 2.31. The summed E-state index contributed by atoms with van der Waals surface area (Å²) in [5, 5.41) is 4.52. The van der Waals surface area contributed by atoms with Crippen molar-refractivity contribution in [3.63, 3.8) is 0 Å². The van der Waals surface area contributed by atoms with E-state index in [0.717, 1.165) is 40.5 Å². The molecule has 0 saturated heterocycles. The van der Waals surface area contributed by atoms with Gasteiger partial charge in [0.15, 0.2) is 15.4 Å². The van der Waals surface area contributed by atoms with Crippen molar-refractivity contribution in [3.05, 3.63) is 48.7 Å². The third-order valence-corrected chi connectivity index (χ3v) is 5.28. The number of hydrogen-bond donors (Lipinski definition) is 0. The summed E-state index contributed by atoms with van der Waals surface area (Å²) < 4.78 is 2.28. The topological polar surface area (TPSA) is 63.4 Å². The van der Waals surface area contributed by atoms with Gasteiger partial charge in [0.1, 0.15) is 0 Å². The number of halogens is 1. The van der Waals surface area contributed by atoms with E-state index in [1.54, 1.807) is 11.3 Å². The van der Waals surface area contributed by atoms with Gasteiger partial charge in [-0.25, -0.2) is 9.97 Å². The largest absolute Gasteiger partial charge is 0.349 e. The molecule has 1 aliphatic rings. The van der Waals surface area contributed by atoms with Gasteiger partial charge in [0.25, 0.3) is 5.56 Å². The van der Waals surface area contributed by atoms with Gasteiger partial charge < -0.3 is 4.90 Å². The van der Waals surface area contributed by atoms with E-state index >= 15 is 0 Å². The molecule has 0 amide bonds. The smallest absolute Gasteiger partial charge is 0.274 e. The molecule has 1 aliphatic heterocycles. The van der Waals surface area contributed by atoms with Crippen LogP contribution in [-0.2, 0) is 13.0 Å². The van der Waals surface area contributed by atoms with Crippen LogP contribution in [-0.4, -0.2) is 26.1 Å². The van der Waals surface area contributed by atoms with Gasteiger partial charge in [-0.15, -0.1) is 16.4 Å². The molecule has 112 valence electrons. The van der Waals surface area contributed by atoms with Crippen molar-refractivity contribution in [3.8, 4) is 0 Å². The molecular formula is C14H12BrN5OS. The molecule has 6 nitrogen and oxygen atoms in total. The van der Waals surface area contributed by atoms with E-state index in [2.05, 4.69) is 35.9 Å². The van der Waals surface area contributed by atoms with Crippen molar-refractivity contribution >= 4 is 38.7 Å². The molecule has 22 heavy (non-hydrogen) atoms. The molecule has 0 radical (unpaired) electrons. The van der Waals surface area contributed by atoms with Crippen LogP contribution in [0.5, 0.6) is 0 Å². The number of thiazole rings is 1. The van der Waals surface area contributed by atoms with E-state index in [4.69, 9.17) is 0 Å². The number of aromatic nitrogens is 4. The Balaban J connectivity index is 1.80. The highest BCUT2D eigenvalue weighted by atomic mass is 79.9. The Hall–Kier alpha value is -1.80. The van der Waals surface area contributed by atoms with Gasteiger partial charge in [-0.3, -0.25) is 4.79 Å². The molecular weight excluding hydrogens is 366 g/mol. The van der Waals surface area contributed by atoms with Crippen molar-refractivity contribution in [2.75, 3.05) is 11.4 Å². The van der Waals surface area contributed by atoms with Gasteiger partial charge in [0, 0.05) is 30.1 Å². The van der Waals surface area contributed by atoms with Crippen molar-refractivity contribution in [1.29, 1.82) is 0 Å². The first kappa shape index (κ1) is 13.8. The van der Waals surface area contributed by atoms with Gasteiger partial charge in [0.05, 0.1) is 12.2 Å². The molecule has 0 saturated carbocycles. The summed E-state index contributed by atoms with van der Waals surface area (Å²) in [5.74, 6) is 0.831. The molecule has 3 aromatic rings. The molecule has 3 aromatic heterocycles. The minimum atomic E-state index is -0.163. The second-order valence-electron chi connectivity index (χ2n) is 5.21. The number of anilines is 1. The third-order valence-electron chi connectivity index (χ3n) is 3.75. The molecule has 4 rings (SSSR count). The Bertz CT molecular complexity index is 935. The second-order valence-corrected chi connectivity index (χ2v) is 7.57. The lowest BCUT2D eigenvalue weighted by Crippen LogP contribution is -2.32. The number of rotatable bonds is 1. The van der Waals surface area contributed by atoms with Crippen LogP contribution in [0.15, 0.2) is 27.0 Å². The summed E-state index contributed by atoms with van der Waals surface area (Å²) in [7, 11) is 0. The molecule has 0 fully saturated rings. The van der Waals surface area contributed by atoms with Crippen LogP contribution in [0, 0.1) is 6.92 Å². The van der Waals surface area contributed by atoms with E-state index in [1.807, 2.05) is 13.0 Å². The maximum absolute atomic E-state index is 12.0. The fourth-order valence-electron chi connectivity index (χ4n) is 2.70. The summed E-state index contributed by atoms with van der Waals surface area (Å²) in [6.45, 7) is 3.62. The lowest BCUT2D eigenvalue weighted by Gasteiger charge is -2.28. The molecule has 0 atom stereocenters. The average Bonchev–Trinajstić information content (AvgIpc) is 2.86. The predicted molar refractivity (Wildman–Crippen MR) is 88.6 cm³/mol. The maximum atomic E-state index is 12.0. The van der Waals surface area contributed by atoms with Crippen molar-refractivity contribution in [2.45, 2.75) is 19.9 Å². The van der Waals surface area contributed by atoms with Crippen molar-refractivity contribution in [2.24, 2.45) is 0 Å². The zero-order valence-electron chi connectivity index (χ0n) is 11.8. The summed E-state index contributed by atoms with van der Waals surface area (Å²) in [4.78, 5) is 24.1. The molecule has 0 bridgehead atoms. The average molecular weight is 378 g/mol. The summed E-state index contributed by atoms with van der Waals surface area (Å²) in [6.07, 6.45) is 2.40. The van der Waals surface area contributed by atoms with Crippen LogP contribution in [0.4, 0.5) is 5.82 Å². The summed E-state index contributed by atoms with van der Waals surface area (Å²) >= 11 is 5.10. The lowest BCUT2D eigenvalue weighted by atomic mass is 10.1. The van der Waals surface area contributed by atoms with Crippen LogP contribution in [0.1, 0.15) is 16.1 Å². The summed E-state index contributed by atoms with van der Waals surface area (Å²) in [6, 6.07) is 3.33. The van der Waals surface area contributed by atoms with Crippen LogP contribution in [0.25, 0.3) is 5.65 Å². The minimum absolute atomic E-state index is 0.163. The van der Waals surface area contributed by atoms with Gasteiger partial charge >= 0.3 is 0 Å². The summed E-state index contributed by atoms with van der Waals surface area (Å²) in [5.41, 5.74) is 2.59. The van der Waals surface area contributed by atoms with Crippen molar-refractivity contribution in [1.82, 2.24) is 19.6 Å². The maximum Gasteiger partial charge on any atom is 0.274 e. The Morgan fingerprint density at radius 1 is 1.41 bits per heavy atom. The number of hydrogen-bond acceptors (Lipinski definition) is 6. The highest BCUT2D eigenvalue weighted by molar-refractivity contribution is 9.11. The molecule has 0 aromatic carbocycles. The van der Waals surface area contributed by atoms with E-state index < -0.39 is 0 Å². The van der Waals surface area contributed by atoms with Crippen LogP contribution < -0.4 is 10.5 Å². The Morgan fingerprint density at radius 2 is 2.27 bits per heavy atom. The molecule has 0 spiro atoms. The molecule has 0 N–H and O–H groups in total. The lowest BCUT2D eigenvalue weighted by molar-refractivity contribution is 0.698. The predicted octanol–water partition coefficient (Wildman–Crippen LogP) is 2.18. The zero-order valence-corrected chi connectivity index (χ0v) is 14.2. The van der Waals surface area contributed by atoms with E-state index in [-0.39, 0.29) is 5.56 Å². The fraction of sp³-hybridized carbons (Fsp3) is 0.286. The van der Waals surface area contributed by atoms with E-state index in [9.17, 15) is 4.79 Å². The Kier molecular flexibility index (Phi) is 3.23. The van der Waals surface area contributed by atoms with Crippen LogP contribution >= 0.6 is 27.3 Å². The molecule has 0 unspecified atom stereocenters. The molecule has 8 heteroatoms. The molecule has 0 aliphatic carbocycles. The first-order valence-electron chi connectivity index (χ1n) is 6.86. The van der Waals surface area contributed by atoms with Gasteiger partial charge in [-0.1, -0.05) is 0 Å². The zero-order chi connectivity index (χ0) is 15.3. The first-order valence-corrected chi connectivity index (χ1v) is 8.47. The third kappa shape index (κ3) is 2.22. The number of aryl methyl sites for hydroxylation is 1. The van der Waals surface area contributed by atoms with Gasteiger partial charge in [-0.05, 0) is 34.5 Å². The second kappa shape index (κ2) is 5.13. The van der Waals surface area contributed by atoms with E-state index in [1.165, 1.54) is 21.7 Å². The minimum Gasteiger partial charge on any atom is -0.349 e. The monoisotopic (exact) mass is 377 g/mol. The molecule has 4 heterocycles. The fourth-order valence-corrected chi connectivity index (χ4v) is 4.35. The van der Waals surface area contributed by atoms with Crippen molar-refractivity contribution < 1.29 is 0 Å². The SMILES string of the molecule is Cc1cc2nccc(=O)n2nc1N1CCc2nc(Br)sc2C1. The standard InChI is InChI=1S/C14H12BrN5OS/c1-8-6-11-16-4-2-12(21)20(11)18-13(8)19-5-3-9-10(7-19)22-14(15)17-9/h2,4,6H,3,5,7H2,1H3. The normalized spacial score (nSPS) is 14.4. The quantitative estimate of drug-likeness (QED) is 0.650.